The Labute approximate surface area is 99.2 Å². The fourth-order valence-corrected chi connectivity index (χ4v) is 1.30. The second kappa shape index (κ2) is 5.32. The molecule has 1 aromatic rings. The number of benzene rings is 1. The van der Waals surface area contributed by atoms with Crippen molar-refractivity contribution in [2.24, 2.45) is 0 Å². The van der Waals surface area contributed by atoms with Crippen LogP contribution in [0.3, 0.4) is 0 Å². The molecule has 5 nitrogen and oxygen atoms in total. The van der Waals surface area contributed by atoms with Crippen LogP contribution in [0.5, 0.6) is 5.75 Å². The summed E-state index contributed by atoms with van der Waals surface area (Å²) in [5, 5.41) is 17.8. The summed E-state index contributed by atoms with van der Waals surface area (Å²) in [5.41, 5.74) is -1.06. The van der Waals surface area contributed by atoms with Crippen molar-refractivity contribution < 1.29 is 19.4 Å². The topological polar surface area (TPSA) is 79.5 Å². The van der Waals surface area contributed by atoms with E-state index in [1.807, 2.05) is 6.07 Å². The molecule has 5 heteroatoms. The Balaban J connectivity index is 2.94. The molecule has 1 rings (SSSR count). The van der Waals surface area contributed by atoms with Gasteiger partial charge in [0, 0.05) is 7.11 Å². The van der Waals surface area contributed by atoms with E-state index in [0.717, 1.165) is 0 Å². The Kier molecular flexibility index (Phi) is 4.07. The molecule has 0 aromatic heterocycles. The van der Waals surface area contributed by atoms with Crippen molar-refractivity contribution in [3.8, 4) is 11.8 Å². The molecular formula is C12H13NO4. The molecule has 0 bridgehead atoms. The van der Waals surface area contributed by atoms with Gasteiger partial charge in [-0.2, -0.15) is 5.26 Å². The summed E-state index contributed by atoms with van der Waals surface area (Å²) in [6.45, 7) is 1.33. The first-order valence-corrected chi connectivity index (χ1v) is 4.93. The van der Waals surface area contributed by atoms with Crippen molar-refractivity contribution in [3.05, 3.63) is 29.8 Å². The smallest absolute Gasteiger partial charge is 0.350 e. The lowest BCUT2D eigenvalue weighted by Crippen LogP contribution is -2.45. The zero-order valence-electron chi connectivity index (χ0n) is 9.64. The highest BCUT2D eigenvalue weighted by Crippen LogP contribution is 2.20. The van der Waals surface area contributed by atoms with Crippen LogP contribution in [0.25, 0.3) is 0 Å². The third-order valence-corrected chi connectivity index (χ3v) is 2.18. The normalized spacial score (nSPS) is 13.5. The van der Waals surface area contributed by atoms with Gasteiger partial charge in [0.1, 0.15) is 5.75 Å². The Morgan fingerprint density at radius 1 is 1.59 bits per heavy atom. The molecule has 0 spiro atoms. The SMILES string of the molecule is COCC(C)(Oc1cccc(C#N)c1)C(=O)O. The second-order valence-corrected chi connectivity index (χ2v) is 3.71. The molecule has 1 atom stereocenters. The Bertz CT molecular complexity index is 452. The highest BCUT2D eigenvalue weighted by atomic mass is 16.6. The number of ether oxygens (including phenoxy) is 2. The number of nitrogens with zero attached hydrogens (tertiary/aromatic N) is 1. The lowest BCUT2D eigenvalue weighted by atomic mass is 10.1. The van der Waals surface area contributed by atoms with Crippen LogP contribution in [0.15, 0.2) is 24.3 Å². The van der Waals surface area contributed by atoms with E-state index in [0.29, 0.717) is 11.3 Å². The molecule has 0 aliphatic rings. The first-order valence-electron chi connectivity index (χ1n) is 4.93. The molecule has 17 heavy (non-hydrogen) atoms. The number of hydrogen-bond acceptors (Lipinski definition) is 4. The molecule has 1 aromatic carbocycles. The van der Waals surface area contributed by atoms with Gasteiger partial charge in [-0.3, -0.25) is 0 Å². The summed E-state index contributed by atoms with van der Waals surface area (Å²) in [6, 6.07) is 8.27. The number of aliphatic carboxylic acids is 1. The Morgan fingerprint density at radius 3 is 2.82 bits per heavy atom. The van der Waals surface area contributed by atoms with E-state index in [1.54, 1.807) is 18.2 Å². The highest BCUT2D eigenvalue weighted by Gasteiger charge is 2.35. The monoisotopic (exact) mass is 235 g/mol. The second-order valence-electron chi connectivity index (χ2n) is 3.71. The summed E-state index contributed by atoms with van der Waals surface area (Å²) in [6.07, 6.45) is 0. The maximum absolute atomic E-state index is 11.1. The number of carbonyl (C=O) groups is 1. The van der Waals surface area contributed by atoms with Crippen LogP contribution in [0.1, 0.15) is 12.5 Å². The number of methoxy groups -OCH3 is 1. The number of carboxylic acid groups (broad SMARTS) is 1. The standard InChI is InChI=1S/C12H13NO4/c1-12(8-16-2,11(14)15)17-10-5-3-4-9(6-10)7-13/h3-6H,8H2,1-2H3,(H,14,15). The maximum Gasteiger partial charge on any atom is 0.350 e. The molecule has 0 heterocycles. The summed E-state index contributed by atoms with van der Waals surface area (Å²) in [5.74, 6) is -0.798. The van der Waals surface area contributed by atoms with Gasteiger partial charge in [0.2, 0.25) is 5.60 Å². The van der Waals surface area contributed by atoms with Gasteiger partial charge < -0.3 is 14.6 Å². The van der Waals surface area contributed by atoms with Crippen LogP contribution in [0.2, 0.25) is 0 Å². The predicted octanol–water partition coefficient (Wildman–Crippen LogP) is 1.43. The lowest BCUT2D eigenvalue weighted by Gasteiger charge is -2.25. The molecule has 0 saturated carbocycles. The van der Waals surface area contributed by atoms with Gasteiger partial charge in [0.25, 0.3) is 0 Å². The Hall–Kier alpha value is -2.06. The van der Waals surface area contributed by atoms with Gasteiger partial charge in [-0.05, 0) is 25.1 Å². The Morgan fingerprint density at radius 2 is 2.29 bits per heavy atom. The van der Waals surface area contributed by atoms with E-state index in [2.05, 4.69) is 0 Å². The van der Waals surface area contributed by atoms with E-state index in [-0.39, 0.29) is 6.61 Å². The molecule has 0 aliphatic carbocycles. The van der Waals surface area contributed by atoms with Gasteiger partial charge in [0.05, 0.1) is 18.2 Å². The van der Waals surface area contributed by atoms with Crippen LogP contribution >= 0.6 is 0 Å². The van der Waals surface area contributed by atoms with Gasteiger partial charge in [-0.1, -0.05) is 6.07 Å². The van der Waals surface area contributed by atoms with E-state index in [4.69, 9.17) is 19.8 Å². The van der Waals surface area contributed by atoms with Crippen molar-refractivity contribution in [3.63, 3.8) is 0 Å². The van der Waals surface area contributed by atoms with E-state index in [1.165, 1.54) is 20.1 Å². The maximum atomic E-state index is 11.1. The molecule has 0 saturated heterocycles. The van der Waals surface area contributed by atoms with Gasteiger partial charge in [0.15, 0.2) is 0 Å². The number of nitriles is 1. The fourth-order valence-electron chi connectivity index (χ4n) is 1.30. The van der Waals surface area contributed by atoms with Gasteiger partial charge >= 0.3 is 5.97 Å². The van der Waals surface area contributed by atoms with E-state index < -0.39 is 11.6 Å². The average molecular weight is 235 g/mol. The largest absolute Gasteiger partial charge is 0.478 e. The first kappa shape index (κ1) is 13.0. The van der Waals surface area contributed by atoms with Crippen LogP contribution in [-0.2, 0) is 9.53 Å². The average Bonchev–Trinajstić information content (AvgIpc) is 2.29. The minimum atomic E-state index is -1.47. The summed E-state index contributed by atoms with van der Waals surface area (Å²) >= 11 is 0. The van der Waals surface area contributed by atoms with E-state index in [9.17, 15) is 4.79 Å². The van der Waals surface area contributed by atoms with Crippen molar-refractivity contribution in [2.75, 3.05) is 13.7 Å². The number of carboxylic acids is 1. The number of rotatable bonds is 5. The molecule has 0 aliphatic heterocycles. The first-order chi connectivity index (χ1) is 8.01. The zero-order valence-corrected chi connectivity index (χ0v) is 9.64. The molecule has 1 unspecified atom stereocenters. The van der Waals surface area contributed by atoms with Crippen molar-refractivity contribution in [2.45, 2.75) is 12.5 Å². The van der Waals surface area contributed by atoms with Crippen molar-refractivity contribution >= 4 is 5.97 Å². The molecule has 90 valence electrons. The molecule has 1 N–H and O–H groups in total. The molecule has 0 amide bonds. The third kappa shape index (κ3) is 3.20. The molecule has 0 fully saturated rings. The lowest BCUT2D eigenvalue weighted by molar-refractivity contribution is -0.158. The summed E-state index contributed by atoms with van der Waals surface area (Å²) in [4.78, 5) is 11.1. The van der Waals surface area contributed by atoms with Crippen LogP contribution in [0.4, 0.5) is 0 Å². The molecular weight excluding hydrogens is 222 g/mol. The summed E-state index contributed by atoms with van der Waals surface area (Å²) in [7, 11) is 1.40. The predicted molar refractivity (Wildman–Crippen MR) is 59.7 cm³/mol. The van der Waals surface area contributed by atoms with Crippen molar-refractivity contribution in [1.82, 2.24) is 0 Å². The quantitative estimate of drug-likeness (QED) is 0.835. The van der Waals surface area contributed by atoms with Gasteiger partial charge in [-0.15, -0.1) is 0 Å². The van der Waals surface area contributed by atoms with Crippen LogP contribution in [0, 0.1) is 11.3 Å². The fraction of sp³-hybridized carbons (Fsp3) is 0.333. The summed E-state index contributed by atoms with van der Waals surface area (Å²) < 4.78 is 10.2. The van der Waals surface area contributed by atoms with Crippen molar-refractivity contribution in [1.29, 1.82) is 5.26 Å². The highest BCUT2D eigenvalue weighted by molar-refractivity contribution is 5.77. The third-order valence-electron chi connectivity index (χ3n) is 2.18. The van der Waals surface area contributed by atoms with E-state index >= 15 is 0 Å². The minimum Gasteiger partial charge on any atom is -0.478 e. The van der Waals surface area contributed by atoms with Crippen LogP contribution in [-0.4, -0.2) is 30.4 Å². The molecule has 0 radical (unpaired) electrons. The zero-order chi connectivity index (χ0) is 12.9. The number of hydrogen-bond donors (Lipinski definition) is 1. The minimum absolute atomic E-state index is 0.0842. The van der Waals surface area contributed by atoms with Crippen LogP contribution < -0.4 is 4.74 Å². The van der Waals surface area contributed by atoms with Gasteiger partial charge in [-0.25, -0.2) is 4.79 Å².